The minimum absolute atomic E-state index is 0.0978. The van der Waals surface area contributed by atoms with Gasteiger partial charge in [-0.1, -0.05) is 46.3 Å². The van der Waals surface area contributed by atoms with E-state index in [-0.39, 0.29) is 17.3 Å². The first-order chi connectivity index (χ1) is 13.6. The standard InChI is InChI=1S/C21H15BrN4O2/c22-15-10-11-19(27)14(12-15)13-23-25-21-24-18-9-5-4-8-17(18)20(28)26(21)16-6-2-1-3-7-16/h1-13,27H,(H,24,25)/b23-13+. The molecule has 1 aromatic heterocycles. The van der Waals surface area contributed by atoms with E-state index in [1.807, 2.05) is 42.5 Å². The van der Waals surface area contributed by atoms with Crippen LogP contribution < -0.4 is 11.0 Å². The zero-order chi connectivity index (χ0) is 19.5. The maximum atomic E-state index is 13.1. The average Bonchev–Trinajstić information content (AvgIpc) is 2.71. The SMILES string of the molecule is O=c1c2ccccc2nc(N/N=C/c2cc(Br)ccc2O)n1-c1ccccc1. The van der Waals surface area contributed by atoms with Crippen LogP contribution in [0.3, 0.4) is 0 Å². The number of hydrogen-bond acceptors (Lipinski definition) is 5. The van der Waals surface area contributed by atoms with Crippen molar-refractivity contribution in [3.63, 3.8) is 0 Å². The Morgan fingerprint density at radius 1 is 1.04 bits per heavy atom. The number of anilines is 1. The highest BCUT2D eigenvalue weighted by Gasteiger charge is 2.12. The molecule has 3 aromatic carbocycles. The molecule has 0 radical (unpaired) electrons. The third-order valence-corrected chi connectivity index (χ3v) is 4.64. The van der Waals surface area contributed by atoms with E-state index in [4.69, 9.17) is 0 Å². The largest absolute Gasteiger partial charge is 0.507 e. The summed E-state index contributed by atoms with van der Waals surface area (Å²) in [4.78, 5) is 17.6. The lowest BCUT2D eigenvalue weighted by atomic mass is 10.2. The van der Waals surface area contributed by atoms with Crippen molar-refractivity contribution >= 4 is 39.0 Å². The van der Waals surface area contributed by atoms with E-state index in [0.29, 0.717) is 22.2 Å². The molecule has 28 heavy (non-hydrogen) atoms. The number of rotatable bonds is 4. The number of hydrogen-bond donors (Lipinski definition) is 2. The number of para-hydroxylation sites is 2. The summed E-state index contributed by atoms with van der Waals surface area (Å²) < 4.78 is 2.29. The predicted molar refractivity (Wildman–Crippen MR) is 114 cm³/mol. The van der Waals surface area contributed by atoms with Crippen LogP contribution in [0.15, 0.2) is 87.2 Å². The van der Waals surface area contributed by atoms with Crippen LogP contribution in [0.2, 0.25) is 0 Å². The van der Waals surface area contributed by atoms with Crippen molar-refractivity contribution in [2.45, 2.75) is 0 Å². The highest BCUT2D eigenvalue weighted by Crippen LogP contribution is 2.20. The summed E-state index contributed by atoms with van der Waals surface area (Å²) in [6.07, 6.45) is 1.47. The summed E-state index contributed by atoms with van der Waals surface area (Å²) >= 11 is 3.36. The van der Waals surface area contributed by atoms with Crippen molar-refractivity contribution in [1.29, 1.82) is 0 Å². The number of nitrogens with one attached hydrogen (secondary N) is 1. The predicted octanol–water partition coefficient (Wildman–Crippen LogP) is 4.30. The summed E-state index contributed by atoms with van der Waals surface area (Å²) in [6.45, 7) is 0. The summed E-state index contributed by atoms with van der Waals surface area (Å²) in [5.41, 5.74) is 4.41. The van der Waals surface area contributed by atoms with Gasteiger partial charge in [0.05, 0.1) is 22.8 Å². The molecule has 0 bridgehead atoms. The van der Waals surface area contributed by atoms with Gasteiger partial charge in [0.25, 0.3) is 5.56 Å². The minimum atomic E-state index is -0.195. The van der Waals surface area contributed by atoms with Crippen molar-refractivity contribution in [1.82, 2.24) is 9.55 Å². The zero-order valence-electron chi connectivity index (χ0n) is 14.6. The Labute approximate surface area is 168 Å². The number of phenolic OH excluding ortho intramolecular Hbond substituents is 1. The summed E-state index contributed by atoms with van der Waals surface area (Å²) in [6, 6.07) is 21.4. The number of hydrazone groups is 1. The van der Waals surface area contributed by atoms with Crippen LogP contribution in [0.5, 0.6) is 5.75 Å². The number of aromatic hydroxyl groups is 1. The molecule has 4 rings (SSSR count). The van der Waals surface area contributed by atoms with E-state index < -0.39 is 0 Å². The number of fused-ring (bicyclic) bond motifs is 1. The third kappa shape index (κ3) is 3.52. The Bertz CT molecular complexity index is 1240. The molecule has 0 saturated carbocycles. The number of halogens is 1. The molecule has 0 aliphatic rings. The normalized spacial score (nSPS) is 11.2. The van der Waals surface area contributed by atoms with Gasteiger partial charge in [0.2, 0.25) is 5.95 Å². The van der Waals surface area contributed by atoms with Crippen LogP contribution in [0.25, 0.3) is 16.6 Å². The Hall–Kier alpha value is -3.45. The number of phenols is 1. The number of benzene rings is 3. The molecule has 0 saturated heterocycles. The average molecular weight is 435 g/mol. The molecule has 7 heteroatoms. The molecular formula is C21H15BrN4O2. The molecule has 0 fully saturated rings. The monoisotopic (exact) mass is 434 g/mol. The highest BCUT2D eigenvalue weighted by molar-refractivity contribution is 9.10. The molecular weight excluding hydrogens is 420 g/mol. The number of aromatic nitrogens is 2. The van der Waals surface area contributed by atoms with Crippen LogP contribution >= 0.6 is 15.9 Å². The van der Waals surface area contributed by atoms with Gasteiger partial charge < -0.3 is 5.11 Å². The van der Waals surface area contributed by atoms with Crippen molar-refractivity contribution in [3.8, 4) is 11.4 Å². The summed E-state index contributed by atoms with van der Waals surface area (Å²) in [5.74, 6) is 0.376. The van der Waals surface area contributed by atoms with Gasteiger partial charge in [-0.25, -0.2) is 15.0 Å². The van der Waals surface area contributed by atoms with Crippen LogP contribution in [-0.4, -0.2) is 20.9 Å². The Kier molecular flexibility index (Phi) is 4.90. The van der Waals surface area contributed by atoms with Crippen LogP contribution in [0.1, 0.15) is 5.56 Å². The molecule has 0 aliphatic carbocycles. The van der Waals surface area contributed by atoms with E-state index >= 15 is 0 Å². The first-order valence-corrected chi connectivity index (χ1v) is 9.27. The number of nitrogens with zero attached hydrogens (tertiary/aromatic N) is 3. The van der Waals surface area contributed by atoms with Crippen molar-refractivity contribution in [3.05, 3.63) is 93.2 Å². The van der Waals surface area contributed by atoms with E-state index in [2.05, 4.69) is 31.4 Å². The van der Waals surface area contributed by atoms with Crippen LogP contribution in [-0.2, 0) is 0 Å². The molecule has 2 N–H and O–H groups in total. The second kappa shape index (κ2) is 7.66. The first kappa shape index (κ1) is 17.9. The van der Waals surface area contributed by atoms with Crippen molar-refractivity contribution in [2.75, 3.05) is 5.43 Å². The van der Waals surface area contributed by atoms with Crippen LogP contribution in [0.4, 0.5) is 5.95 Å². The quantitative estimate of drug-likeness (QED) is 0.370. The lowest BCUT2D eigenvalue weighted by molar-refractivity contribution is 0.474. The maximum Gasteiger partial charge on any atom is 0.267 e. The Morgan fingerprint density at radius 2 is 1.79 bits per heavy atom. The molecule has 138 valence electrons. The van der Waals surface area contributed by atoms with Gasteiger partial charge in [-0.2, -0.15) is 5.10 Å². The van der Waals surface area contributed by atoms with Gasteiger partial charge in [0, 0.05) is 10.0 Å². The lowest BCUT2D eigenvalue weighted by Crippen LogP contribution is -2.22. The fourth-order valence-corrected chi connectivity index (χ4v) is 3.19. The molecule has 0 amide bonds. The molecule has 0 aliphatic heterocycles. The Balaban J connectivity index is 1.80. The smallest absolute Gasteiger partial charge is 0.267 e. The van der Waals surface area contributed by atoms with Gasteiger partial charge in [-0.05, 0) is 42.5 Å². The lowest BCUT2D eigenvalue weighted by Gasteiger charge is -2.12. The molecule has 4 aromatic rings. The fourth-order valence-electron chi connectivity index (χ4n) is 2.81. The van der Waals surface area contributed by atoms with Gasteiger partial charge >= 0.3 is 0 Å². The van der Waals surface area contributed by atoms with E-state index in [9.17, 15) is 9.90 Å². The highest BCUT2D eigenvalue weighted by atomic mass is 79.9. The topological polar surface area (TPSA) is 79.5 Å². The van der Waals surface area contributed by atoms with Crippen molar-refractivity contribution in [2.24, 2.45) is 5.10 Å². The third-order valence-electron chi connectivity index (χ3n) is 4.15. The van der Waals surface area contributed by atoms with Gasteiger partial charge in [-0.15, -0.1) is 0 Å². The van der Waals surface area contributed by atoms with Crippen molar-refractivity contribution < 1.29 is 5.11 Å². The summed E-state index contributed by atoms with van der Waals surface area (Å²) in [5, 5.41) is 14.6. The second-order valence-electron chi connectivity index (χ2n) is 6.00. The molecule has 0 unspecified atom stereocenters. The maximum absolute atomic E-state index is 13.1. The molecule has 6 nitrogen and oxygen atoms in total. The minimum Gasteiger partial charge on any atom is -0.507 e. The second-order valence-corrected chi connectivity index (χ2v) is 6.92. The van der Waals surface area contributed by atoms with Gasteiger partial charge in [0.1, 0.15) is 5.75 Å². The van der Waals surface area contributed by atoms with Gasteiger partial charge in [-0.3, -0.25) is 4.79 Å². The van der Waals surface area contributed by atoms with Crippen LogP contribution in [0, 0.1) is 0 Å². The van der Waals surface area contributed by atoms with E-state index in [0.717, 1.165) is 4.47 Å². The van der Waals surface area contributed by atoms with Gasteiger partial charge in [0.15, 0.2) is 0 Å². The Morgan fingerprint density at radius 3 is 2.61 bits per heavy atom. The first-order valence-electron chi connectivity index (χ1n) is 8.48. The van der Waals surface area contributed by atoms with E-state index in [1.54, 1.807) is 30.3 Å². The molecule has 0 spiro atoms. The zero-order valence-corrected chi connectivity index (χ0v) is 16.2. The molecule has 1 heterocycles. The summed E-state index contributed by atoms with van der Waals surface area (Å²) in [7, 11) is 0. The fraction of sp³-hybridized carbons (Fsp3) is 0. The molecule has 0 atom stereocenters. The van der Waals surface area contributed by atoms with E-state index in [1.165, 1.54) is 10.8 Å².